The van der Waals surface area contributed by atoms with E-state index in [1.165, 1.54) is 0 Å². The van der Waals surface area contributed by atoms with Crippen LogP contribution >= 0.6 is 0 Å². The topological polar surface area (TPSA) is 65.2 Å². The minimum absolute atomic E-state index is 0.0552. The maximum absolute atomic E-state index is 10.9. The molecule has 0 fully saturated rings. The summed E-state index contributed by atoms with van der Waals surface area (Å²) < 4.78 is 0. The van der Waals surface area contributed by atoms with Gasteiger partial charge < -0.3 is 10.2 Å². The molecule has 4 nitrogen and oxygen atoms in total. The SMILES string of the molecule is Oc1c2c(c(O)c3ccccc13)=N[C@@H](c1ccccc1)[C@@H](c1ccccc1)N=2. The molecule has 0 bridgehead atoms. The summed E-state index contributed by atoms with van der Waals surface area (Å²) in [5.41, 5.74) is 2.02. The molecule has 4 aromatic carbocycles. The van der Waals surface area contributed by atoms with E-state index in [0.717, 1.165) is 11.1 Å². The monoisotopic (exact) mass is 366 g/mol. The minimum atomic E-state index is -0.289. The molecule has 0 radical (unpaired) electrons. The molecular formula is C24H18N2O2. The second kappa shape index (κ2) is 6.50. The van der Waals surface area contributed by atoms with Crippen LogP contribution in [-0.2, 0) is 0 Å². The molecule has 0 aromatic heterocycles. The summed E-state index contributed by atoms with van der Waals surface area (Å²) in [6, 6.07) is 26.5. The third kappa shape index (κ3) is 2.54. The number of hydrogen-bond acceptors (Lipinski definition) is 4. The van der Waals surface area contributed by atoms with Crippen molar-refractivity contribution in [2.75, 3.05) is 0 Å². The van der Waals surface area contributed by atoms with Crippen LogP contribution in [0.4, 0.5) is 0 Å². The van der Waals surface area contributed by atoms with Gasteiger partial charge in [-0.1, -0.05) is 84.9 Å². The number of aromatic hydroxyl groups is 2. The first-order valence-electron chi connectivity index (χ1n) is 9.22. The Morgan fingerprint density at radius 3 is 1.25 bits per heavy atom. The Bertz CT molecular complexity index is 1180. The highest BCUT2D eigenvalue weighted by Crippen LogP contribution is 2.37. The van der Waals surface area contributed by atoms with Gasteiger partial charge in [-0.3, -0.25) is 9.98 Å². The van der Waals surface area contributed by atoms with E-state index in [-0.39, 0.29) is 23.6 Å². The molecule has 5 rings (SSSR count). The average Bonchev–Trinajstić information content (AvgIpc) is 2.78. The van der Waals surface area contributed by atoms with Gasteiger partial charge in [-0.05, 0) is 11.1 Å². The molecule has 2 N–H and O–H groups in total. The number of nitrogens with zero attached hydrogens (tertiary/aromatic N) is 2. The molecule has 2 atom stereocenters. The Labute approximate surface area is 161 Å². The zero-order chi connectivity index (χ0) is 19.1. The third-order valence-corrected chi connectivity index (χ3v) is 5.23. The summed E-state index contributed by atoms with van der Waals surface area (Å²) in [6.07, 6.45) is 0. The largest absolute Gasteiger partial charge is 0.505 e. The molecule has 136 valence electrons. The predicted octanol–water partition coefficient (Wildman–Crippen LogP) is 3.99. The average molecular weight is 366 g/mol. The summed E-state index contributed by atoms with van der Waals surface area (Å²) >= 11 is 0. The van der Waals surface area contributed by atoms with Gasteiger partial charge in [-0.25, -0.2) is 0 Å². The first kappa shape index (κ1) is 16.5. The van der Waals surface area contributed by atoms with Crippen LogP contribution in [0.1, 0.15) is 23.2 Å². The molecule has 0 saturated carbocycles. The molecule has 0 saturated heterocycles. The number of rotatable bonds is 2. The normalized spacial score (nSPS) is 18.1. The van der Waals surface area contributed by atoms with Crippen LogP contribution in [0.15, 0.2) is 94.9 Å². The number of fused-ring (bicyclic) bond motifs is 2. The fourth-order valence-electron chi connectivity index (χ4n) is 3.85. The first-order valence-corrected chi connectivity index (χ1v) is 9.22. The molecule has 0 unspecified atom stereocenters. The lowest BCUT2D eigenvalue weighted by molar-refractivity contribution is 0.438. The quantitative estimate of drug-likeness (QED) is 0.527. The lowest BCUT2D eigenvalue weighted by atomic mass is 9.93. The number of benzene rings is 4. The number of phenols is 2. The second-order valence-electron chi connectivity index (χ2n) is 6.91. The first-order chi connectivity index (χ1) is 13.7. The highest BCUT2D eigenvalue weighted by molar-refractivity contribution is 5.92. The van der Waals surface area contributed by atoms with Gasteiger partial charge in [0.05, 0.1) is 0 Å². The predicted molar refractivity (Wildman–Crippen MR) is 108 cm³/mol. The Kier molecular flexibility index (Phi) is 3.83. The smallest absolute Gasteiger partial charge is 0.151 e. The summed E-state index contributed by atoms with van der Waals surface area (Å²) in [6.45, 7) is 0. The van der Waals surface area contributed by atoms with E-state index in [2.05, 4.69) is 0 Å². The molecule has 4 aromatic rings. The molecule has 1 heterocycles. The van der Waals surface area contributed by atoms with Crippen molar-refractivity contribution in [2.45, 2.75) is 12.1 Å². The van der Waals surface area contributed by atoms with Gasteiger partial charge in [-0.15, -0.1) is 0 Å². The van der Waals surface area contributed by atoms with Gasteiger partial charge in [0.1, 0.15) is 22.8 Å². The standard InChI is InChI=1S/C24H18N2O2/c27-23-17-13-7-8-14-18(17)24(28)22-21(23)25-19(15-9-3-1-4-10-15)20(26-22)16-11-5-2-6-12-16/h1-14,19-20,27-28H/t19-,20+. The number of hydrogen-bond donors (Lipinski definition) is 2. The van der Waals surface area contributed by atoms with Gasteiger partial charge in [0, 0.05) is 10.8 Å². The summed E-state index contributed by atoms with van der Waals surface area (Å²) in [4.78, 5) is 9.76. The fraction of sp³-hybridized carbons (Fsp3) is 0.0833. The molecular weight excluding hydrogens is 348 g/mol. The van der Waals surface area contributed by atoms with Crippen molar-refractivity contribution in [1.82, 2.24) is 0 Å². The lowest BCUT2D eigenvalue weighted by Gasteiger charge is -2.25. The fourth-order valence-corrected chi connectivity index (χ4v) is 3.85. The van der Waals surface area contributed by atoms with Gasteiger partial charge in [0.15, 0.2) is 11.5 Å². The molecule has 0 spiro atoms. The van der Waals surface area contributed by atoms with Gasteiger partial charge in [0.25, 0.3) is 0 Å². The minimum Gasteiger partial charge on any atom is -0.505 e. The van der Waals surface area contributed by atoms with Gasteiger partial charge in [0.2, 0.25) is 0 Å². The van der Waals surface area contributed by atoms with Gasteiger partial charge >= 0.3 is 0 Å². The van der Waals surface area contributed by atoms with E-state index >= 15 is 0 Å². The Morgan fingerprint density at radius 2 is 0.857 bits per heavy atom. The van der Waals surface area contributed by atoms with Crippen LogP contribution in [-0.4, -0.2) is 10.2 Å². The zero-order valence-corrected chi connectivity index (χ0v) is 15.0. The molecule has 1 aliphatic heterocycles. The highest BCUT2D eigenvalue weighted by Gasteiger charge is 2.28. The van der Waals surface area contributed by atoms with Crippen molar-refractivity contribution in [1.29, 1.82) is 0 Å². The van der Waals surface area contributed by atoms with Crippen molar-refractivity contribution in [2.24, 2.45) is 9.98 Å². The highest BCUT2D eigenvalue weighted by atomic mass is 16.3. The van der Waals surface area contributed by atoms with E-state index < -0.39 is 0 Å². The van der Waals surface area contributed by atoms with Crippen LogP contribution in [0.25, 0.3) is 10.8 Å². The number of phenolic OH excluding ortho intramolecular Hbond substituents is 2. The van der Waals surface area contributed by atoms with Crippen LogP contribution in [0, 0.1) is 0 Å². The van der Waals surface area contributed by atoms with Crippen molar-refractivity contribution >= 4 is 10.8 Å². The Balaban J connectivity index is 1.86. The zero-order valence-electron chi connectivity index (χ0n) is 15.0. The van der Waals surface area contributed by atoms with E-state index in [1.54, 1.807) is 12.1 Å². The van der Waals surface area contributed by atoms with E-state index in [1.807, 2.05) is 72.8 Å². The molecule has 4 heteroatoms. The summed E-state index contributed by atoms with van der Waals surface area (Å²) in [7, 11) is 0. The van der Waals surface area contributed by atoms with E-state index in [0.29, 0.717) is 21.5 Å². The van der Waals surface area contributed by atoms with Crippen molar-refractivity contribution < 1.29 is 10.2 Å². The van der Waals surface area contributed by atoms with Crippen molar-refractivity contribution in [3.63, 3.8) is 0 Å². The third-order valence-electron chi connectivity index (χ3n) is 5.23. The molecule has 0 aliphatic carbocycles. The van der Waals surface area contributed by atoms with Gasteiger partial charge in [-0.2, -0.15) is 0 Å². The maximum atomic E-state index is 10.9. The van der Waals surface area contributed by atoms with Crippen molar-refractivity contribution in [3.8, 4) is 11.5 Å². The van der Waals surface area contributed by atoms with Crippen LogP contribution in [0.3, 0.4) is 0 Å². The van der Waals surface area contributed by atoms with Crippen LogP contribution in [0.2, 0.25) is 0 Å². The summed E-state index contributed by atoms with van der Waals surface area (Å²) in [5.74, 6) is 0.110. The molecule has 1 aliphatic rings. The summed E-state index contributed by atoms with van der Waals surface area (Å²) in [5, 5.41) is 23.6. The van der Waals surface area contributed by atoms with E-state index in [9.17, 15) is 10.2 Å². The Morgan fingerprint density at radius 1 is 0.500 bits per heavy atom. The van der Waals surface area contributed by atoms with Crippen LogP contribution < -0.4 is 10.7 Å². The van der Waals surface area contributed by atoms with Crippen molar-refractivity contribution in [3.05, 3.63) is 107 Å². The van der Waals surface area contributed by atoms with Crippen LogP contribution in [0.5, 0.6) is 11.5 Å². The Hall–Kier alpha value is -3.66. The second-order valence-corrected chi connectivity index (χ2v) is 6.91. The maximum Gasteiger partial charge on any atom is 0.151 e. The molecule has 0 amide bonds. The lowest BCUT2D eigenvalue weighted by Crippen LogP contribution is -2.33. The molecule has 28 heavy (non-hydrogen) atoms. The van der Waals surface area contributed by atoms with E-state index in [4.69, 9.17) is 9.98 Å².